The van der Waals surface area contributed by atoms with Crippen LogP contribution in [0.3, 0.4) is 0 Å². The van der Waals surface area contributed by atoms with Crippen molar-refractivity contribution in [3.05, 3.63) is 59.0 Å². The second-order valence-corrected chi connectivity index (χ2v) is 7.56. The first-order chi connectivity index (χ1) is 13.6. The summed E-state index contributed by atoms with van der Waals surface area (Å²) < 4.78 is 16.9. The first-order valence-corrected chi connectivity index (χ1v) is 9.64. The number of halogens is 1. The highest BCUT2D eigenvalue weighted by molar-refractivity contribution is 5.93. The fraction of sp³-hybridized carbons (Fsp3) is 0.333. The highest BCUT2D eigenvalue weighted by Gasteiger charge is 2.25. The van der Waals surface area contributed by atoms with Crippen molar-refractivity contribution in [3.63, 3.8) is 0 Å². The predicted octanol–water partition coefficient (Wildman–Crippen LogP) is 4.00. The van der Waals surface area contributed by atoms with Gasteiger partial charge in [0.25, 0.3) is 11.3 Å². The summed E-state index contributed by atoms with van der Waals surface area (Å²) in [6.07, 6.45) is 7.73. The van der Waals surface area contributed by atoms with E-state index in [1.54, 1.807) is 16.6 Å². The zero-order valence-corrected chi connectivity index (χ0v) is 15.5. The van der Waals surface area contributed by atoms with Gasteiger partial charge in [-0.1, -0.05) is 19.8 Å². The molecule has 7 heteroatoms. The largest absolute Gasteiger partial charge is 0.311 e. The molecule has 1 aromatic carbocycles. The van der Waals surface area contributed by atoms with E-state index < -0.39 is 0 Å². The lowest BCUT2D eigenvalue weighted by molar-refractivity contribution is 0.253. The van der Waals surface area contributed by atoms with Crippen molar-refractivity contribution in [2.75, 3.05) is 0 Å². The molecule has 1 fully saturated rings. The van der Waals surface area contributed by atoms with Gasteiger partial charge in [0.15, 0.2) is 0 Å². The summed E-state index contributed by atoms with van der Waals surface area (Å²) in [5, 5.41) is 4.76. The van der Waals surface area contributed by atoms with E-state index in [0.29, 0.717) is 33.9 Å². The van der Waals surface area contributed by atoms with Crippen LogP contribution in [0.15, 0.2) is 47.7 Å². The Morgan fingerprint density at radius 1 is 1.11 bits per heavy atom. The molecule has 0 amide bonds. The fourth-order valence-electron chi connectivity index (χ4n) is 4.38. The molecule has 3 aromatic heterocycles. The quantitative estimate of drug-likeness (QED) is 0.530. The molecule has 2 unspecified atom stereocenters. The maximum atomic E-state index is 13.6. The van der Waals surface area contributed by atoms with Gasteiger partial charge in [0.1, 0.15) is 12.1 Å². The Kier molecular flexibility index (Phi) is 3.96. The zero-order valence-electron chi connectivity index (χ0n) is 15.5. The molecular formula is C21H20FN5O. The molecule has 0 saturated heterocycles. The summed E-state index contributed by atoms with van der Waals surface area (Å²) in [6, 6.07) is 8.14. The lowest BCUT2D eigenvalue weighted by atomic mass is 9.85. The minimum absolute atomic E-state index is 0.0829. The van der Waals surface area contributed by atoms with E-state index in [4.69, 9.17) is 0 Å². The molecule has 6 nitrogen and oxygen atoms in total. The number of nitrogens with zero attached hydrogens (tertiary/aromatic N) is 5. The molecule has 4 aromatic rings. The first-order valence-electron chi connectivity index (χ1n) is 9.64. The summed E-state index contributed by atoms with van der Waals surface area (Å²) in [5.41, 5.74) is 1.79. The van der Waals surface area contributed by atoms with Gasteiger partial charge in [0.05, 0.1) is 16.6 Å². The van der Waals surface area contributed by atoms with Crippen LogP contribution in [-0.4, -0.2) is 24.1 Å². The maximum absolute atomic E-state index is 13.6. The van der Waals surface area contributed by atoms with Gasteiger partial charge in [-0.2, -0.15) is 14.6 Å². The average Bonchev–Trinajstić information content (AvgIpc) is 3.16. The molecule has 0 spiro atoms. The van der Waals surface area contributed by atoms with Crippen molar-refractivity contribution in [1.82, 2.24) is 24.1 Å². The van der Waals surface area contributed by atoms with Crippen LogP contribution in [-0.2, 0) is 0 Å². The number of benzene rings is 1. The minimum Gasteiger partial charge on any atom is -0.311 e. The van der Waals surface area contributed by atoms with E-state index in [-0.39, 0.29) is 17.4 Å². The third-order valence-electron chi connectivity index (χ3n) is 5.84. The standard InChI is InChI=1S/C21H20FN5O/c1-13-4-2-3-5-17(13)26-11-10-16-18(20(26)28)19(14-6-8-15(22)9-7-14)27-21(25-16)23-12-24-27/h6-13,17H,2-5H2,1H3. The predicted molar refractivity (Wildman–Crippen MR) is 105 cm³/mol. The van der Waals surface area contributed by atoms with Crippen molar-refractivity contribution in [1.29, 1.82) is 0 Å². The highest BCUT2D eigenvalue weighted by Crippen LogP contribution is 2.33. The van der Waals surface area contributed by atoms with Crippen molar-refractivity contribution in [2.45, 2.75) is 38.6 Å². The van der Waals surface area contributed by atoms with Crippen LogP contribution >= 0.6 is 0 Å². The SMILES string of the molecule is CC1CCCCC1n1ccc2nc3ncnn3c(-c3ccc(F)cc3)c2c1=O. The fourth-order valence-corrected chi connectivity index (χ4v) is 4.38. The summed E-state index contributed by atoms with van der Waals surface area (Å²) in [7, 11) is 0. The van der Waals surface area contributed by atoms with E-state index in [2.05, 4.69) is 22.0 Å². The Morgan fingerprint density at radius 2 is 1.89 bits per heavy atom. The van der Waals surface area contributed by atoms with Crippen LogP contribution in [0.4, 0.5) is 4.39 Å². The van der Waals surface area contributed by atoms with E-state index in [1.165, 1.54) is 24.9 Å². The van der Waals surface area contributed by atoms with Crippen molar-refractivity contribution >= 4 is 16.7 Å². The van der Waals surface area contributed by atoms with E-state index in [0.717, 1.165) is 19.3 Å². The third-order valence-corrected chi connectivity index (χ3v) is 5.84. The van der Waals surface area contributed by atoms with Gasteiger partial charge < -0.3 is 4.57 Å². The second-order valence-electron chi connectivity index (χ2n) is 7.56. The smallest absolute Gasteiger partial charge is 0.262 e. The second kappa shape index (κ2) is 6.51. The number of rotatable bonds is 2. The molecule has 0 aliphatic heterocycles. The Hall–Kier alpha value is -3.09. The lowest BCUT2D eigenvalue weighted by Gasteiger charge is -2.30. The van der Waals surface area contributed by atoms with Crippen LogP contribution in [0, 0.1) is 11.7 Å². The van der Waals surface area contributed by atoms with Crippen LogP contribution in [0.2, 0.25) is 0 Å². The number of pyridine rings is 1. The van der Waals surface area contributed by atoms with E-state index >= 15 is 0 Å². The van der Waals surface area contributed by atoms with Gasteiger partial charge in [-0.15, -0.1) is 0 Å². The molecule has 0 N–H and O–H groups in total. The molecule has 0 bridgehead atoms. The van der Waals surface area contributed by atoms with Crippen LogP contribution in [0.1, 0.15) is 38.6 Å². The van der Waals surface area contributed by atoms with Gasteiger partial charge in [-0.05, 0) is 49.1 Å². The molecule has 28 heavy (non-hydrogen) atoms. The van der Waals surface area contributed by atoms with E-state index in [9.17, 15) is 9.18 Å². The molecule has 3 heterocycles. The Labute approximate surface area is 160 Å². The summed E-state index contributed by atoms with van der Waals surface area (Å²) in [4.78, 5) is 22.3. The van der Waals surface area contributed by atoms with Gasteiger partial charge in [0.2, 0.25) is 0 Å². The monoisotopic (exact) mass is 377 g/mol. The summed E-state index contributed by atoms with van der Waals surface area (Å²) in [5.74, 6) is 0.529. The lowest BCUT2D eigenvalue weighted by Crippen LogP contribution is -2.30. The van der Waals surface area contributed by atoms with Gasteiger partial charge in [0, 0.05) is 17.8 Å². The maximum Gasteiger partial charge on any atom is 0.262 e. The topological polar surface area (TPSA) is 65.1 Å². The molecule has 1 aliphatic carbocycles. The Morgan fingerprint density at radius 3 is 2.68 bits per heavy atom. The molecule has 5 rings (SSSR count). The van der Waals surface area contributed by atoms with E-state index in [1.807, 2.05) is 16.8 Å². The van der Waals surface area contributed by atoms with Crippen molar-refractivity contribution < 1.29 is 4.39 Å². The van der Waals surface area contributed by atoms with Gasteiger partial charge >= 0.3 is 0 Å². The number of aromatic nitrogens is 5. The van der Waals surface area contributed by atoms with Crippen LogP contribution < -0.4 is 5.56 Å². The third kappa shape index (κ3) is 2.61. The number of fused-ring (bicyclic) bond motifs is 2. The molecule has 1 saturated carbocycles. The van der Waals surface area contributed by atoms with Crippen molar-refractivity contribution in [3.8, 4) is 11.3 Å². The van der Waals surface area contributed by atoms with Gasteiger partial charge in [-0.3, -0.25) is 4.79 Å². The molecule has 2 atom stereocenters. The number of hydrogen-bond acceptors (Lipinski definition) is 4. The van der Waals surface area contributed by atoms with Crippen LogP contribution in [0.5, 0.6) is 0 Å². The summed E-state index contributed by atoms with van der Waals surface area (Å²) in [6.45, 7) is 2.21. The average molecular weight is 377 g/mol. The Bertz CT molecular complexity index is 1230. The zero-order chi connectivity index (χ0) is 19.3. The number of hydrogen-bond donors (Lipinski definition) is 0. The Balaban J connectivity index is 1.84. The first kappa shape index (κ1) is 17.0. The summed E-state index contributed by atoms with van der Waals surface area (Å²) >= 11 is 0. The molecule has 0 radical (unpaired) electrons. The highest BCUT2D eigenvalue weighted by atomic mass is 19.1. The van der Waals surface area contributed by atoms with Gasteiger partial charge in [-0.25, -0.2) is 9.37 Å². The minimum atomic E-state index is -0.328. The van der Waals surface area contributed by atoms with Crippen molar-refractivity contribution in [2.24, 2.45) is 5.92 Å². The normalized spacial score (nSPS) is 20.1. The molecular weight excluding hydrogens is 357 g/mol. The van der Waals surface area contributed by atoms with Crippen LogP contribution in [0.25, 0.3) is 27.9 Å². The molecule has 142 valence electrons. The molecule has 1 aliphatic rings.